The monoisotopic (exact) mass is 325 g/mol. The Morgan fingerprint density at radius 2 is 1.74 bits per heavy atom. The van der Waals surface area contributed by atoms with Crippen LogP contribution in [0.1, 0.15) is 24.9 Å². The zero-order valence-electron chi connectivity index (χ0n) is 10.5. The lowest BCUT2D eigenvalue weighted by Gasteiger charge is -2.19. The van der Waals surface area contributed by atoms with Gasteiger partial charge in [-0.1, -0.05) is 41.1 Å². The van der Waals surface area contributed by atoms with Gasteiger partial charge in [-0.3, -0.25) is 0 Å². The molecule has 1 unspecified atom stereocenters. The van der Waals surface area contributed by atoms with Gasteiger partial charge < -0.3 is 5.32 Å². The number of halogens is 3. The fourth-order valence-corrected chi connectivity index (χ4v) is 2.37. The lowest BCUT2D eigenvalue weighted by atomic mass is 10.0. The summed E-state index contributed by atoms with van der Waals surface area (Å²) >= 11 is 3.40. The minimum Gasteiger partial charge on any atom is -0.374 e. The second kappa shape index (κ2) is 6.15. The van der Waals surface area contributed by atoms with E-state index in [9.17, 15) is 8.78 Å². The quantitative estimate of drug-likeness (QED) is 0.805. The minimum absolute atomic E-state index is 0.0747. The number of para-hydroxylation sites is 1. The summed E-state index contributed by atoms with van der Waals surface area (Å²) in [5.74, 6) is -1.15. The van der Waals surface area contributed by atoms with Crippen molar-refractivity contribution >= 4 is 21.6 Å². The van der Waals surface area contributed by atoms with Crippen molar-refractivity contribution in [3.63, 3.8) is 0 Å². The molecule has 1 atom stereocenters. The summed E-state index contributed by atoms with van der Waals surface area (Å²) < 4.78 is 28.2. The Bertz CT molecular complexity index is 552. The molecule has 100 valence electrons. The summed E-state index contributed by atoms with van der Waals surface area (Å²) in [7, 11) is 0. The van der Waals surface area contributed by atoms with E-state index in [2.05, 4.69) is 21.2 Å². The molecular formula is C15H14BrF2N. The number of nitrogens with one attached hydrogen (secondary N) is 1. The van der Waals surface area contributed by atoms with Gasteiger partial charge in [-0.25, -0.2) is 8.78 Å². The van der Waals surface area contributed by atoms with Crippen LogP contribution in [0, 0.1) is 11.6 Å². The maximum Gasteiger partial charge on any atom is 0.149 e. The average Bonchev–Trinajstić information content (AvgIpc) is 2.38. The van der Waals surface area contributed by atoms with Crippen LogP contribution >= 0.6 is 15.9 Å². The molecule has 0 saturated heterocycles. The highest BCUT2D eigenvalue weighted by Crippen LogP contribution is 2.27. The summed E-state index contributed by atoms with van der Waals surface area (Å²) in [6, 6.07) is 11.4. The second-order valence-corrected chi connectivity index (χ2v) is 5.17. The van der Waals surface area contributed by atoms with Crippen LogP contribution in [-0.2, 0) is 0 Å². The Hall–Kier alpha value is -1.42. The first kappa shape index (κ1) is 14.0. The molecule has 0 saturated carbocycles. The SMILES string of the molecule is CCC(Nc1c(F)cccc1F)c1cccc(Br)c1. The number of rotatable bonds is 4. The van der Waals surface area contributed by atoms with Crippen molar-refractivity contribution in [3.8, 4) is 0 Å². The second-order valence-electron chi connectivity index (χ2n) is 4.26. The third-order valence-electron chi connectivity index (χ3n) is 2.94. The van der Waals surface area contributed by atoms with Crippen LogP contribution in [0.3, 0.4) is 0 Å². The summed E-state index contributed by atoms with van der Waals surface area (Å²) in [5.41, 5.74) is 0.911. The van der Waals surface area contributed by atoms with E-state index in [1.807, 2.05) is 31.2 Å². The molecule has 0 aliphatic heterocycles. The summed E-state index contributed by atoms with van der Waals surface area (Å²) in [6.07, 6.45) is 0.726. The fraction of sp³-hybridized carbons (Fsp3) is 0.200. The lowest BCUT2D eigenvalue weighted by Crippen LogP contribution is -2.12. The van der Waals surface area contributed by atoms with Gasteiger partial charge in [0.2, 0.25) is 0 Å². The third kappa shape index (κ3) is 3.32. The number of hydrogen-bond donors (Lipinski definition) is 1. The van der Waals surface area contributed by atoms with Crippen LogP contribution in [0.25, 0.3) is 0 Å². The molecule has 2 aromatic rings. The van der Waals surface area contributed by atoms with E-state index >= 15 is 0 Å². The molecule has 19 heavy (non-hydrogen) atoms. The molecule has 0 bridgehead atoms. The topological polar surface area (TPSA) is 12.0 Å². The van der Waals surface area contributed by atoms with Crippen LogP contribution in [-0.4, -0.2) is 0 Å². The highest BCUT2D eigenvalue weighted by Gasteiger charge is 2.14. The molecule has 1 N–H and O–H groups in total. The predicted octanol–water partition coefficient (Wildman–Crippen LogP) is 5.29. The standard InChI is InChI=1S/C15H14BrF2N/c1-2-14(10-5-3-6-11(16)9-10)19-15-12(17)7-4-8-13(15)18/h3-9,14,19H,2H2,1H3. The first-order chi connectivity index (χ1) is 9.11. The molecule has 0 aromatic heterocycles. The van der Waals surface area contributed by atoms with Gasteiger partial charge in [0.15, 0.2) is 0 Å². The van der Waals surface area contributed by atoms with Gasteiger partial charge in [0.1, 0.15) is 17.3 Å². The zero-order chi connectivity index (χ0) is 13.8. The molecule has 4 heteroatoms. The Kier molecular flexibility index (Phi) is 4.53. The molecular weight excluding hydrogens is 312 g/mol. The number of hydrogen-bond acceptors (Lipinski definition) is 1. The van der Waals surface area contributed by atoms with Crippen LogP contribution < -0.4 is 5.32 Å². The van der Waals surface area contributed by atoms with E-state index < -0.39 is 11.6 Å². The van der Waals surface area contributed by atoms with E-state index in [4.69, 9.17) is 0 Å². The highest BCUT2D eigenvalue weighted by molar-refractivity contribution is 9.10. The van der Waals surface area contributed by atoms with Crippen molar-refractivity contribution in [2.75, 3.05) is 5.32 Å². The Balaban J connectivity index is 2.29. The van der Waals surface area contributed by atoms with E-state index in [0.717, 1.165) is 16.5 Å². The summed E-state index contributed by atoms with van der Waals surface area (Å²) in [5, 5.41) is 2.94. The fourth-order valence-electron chi connectivity index (χ4n) is 1.95. The molecule has 0 heterocycles. The third-order valence-corrected chi connectivity index (χ3v) is 3.43. The van der Waals surface area contributed by atoms with Gasteiger partial charge in [-0.05, 0) is 36.2 Å². The van der Waals surface area contributed by atoms with Gasteiger partial charge in [0, 0.05) is 4.47 Å². The predicted molar refractivity (Wildman–Crippen MR) is 77.2 cm³/mol. The van der Waals surface area contributed by atoms with Crippen molar-refractivity contribution in [1.29, 1.82) is 0 Å². The Labute approximate surface area is 119 Å². The molecule has 2 rings (SSSR count). The van der Waals surface area contributed by atoms with Crippen molar-refractivity contribution < 1.29 is 8.78 Å². The number of benzene rings is 2. The smallest absolute Gasteiger partial charge is 0.149 e. The minimum atomic E-state index is -0.576. The highest BCUT2D eigenvalue weighted by atomic mass is 79.9. The zero-order valence-corrected chi connectivity index (χ0v) is 12.0. The van der Waals surface area contributed by atoms with Crippen LogP contribution in [0.15, 0.2) is 46.9 Å². The molecule has 0 amide bonds. The Morgan fingerprint density at radius 3 is 2.32 bits per heavy atom. The van der Waals surface area contributed by atoms with Crippen LogP contribution in [0.2, 0.25) is 0 Å². The molecule has 2 aromatic carbocycles. The number of anilines is 1. The molecule has 0 radical (unpaired) electrons. The molecule has 0 aliphatic rings. The molecule has 0 spiro atoms. The van der Waals surface area contributed by atoms with Crippen LogP contribution in [0.4, 0.5) is 14.5 Å². The Morgan fingerprint density at radius 1 is 1.11 bits per heavy atom. The summed E-state index contributed by atoms with van der Waals surface area (Å²) in [6.45, 7) is 1.97. The molecule has 0 aliphatic carbocycles. The van der Waals surface area contributed by atoms with Crippen molar-refractivity contribution in [2.24, 2.45) is 0 Å². The van der Waals surface area contributed by atoms with Crippen molar-refractivity contribution in [2.45, 2.75) is 19.4 Å². The normalized spacial score (nSPS) is 12.2. The van der Waals surface area contributed by atoms with E-state index in [1.54, 1.807) is 0 Å². The van der Waals surface area contributed by atoms with Gasteiger partial charge >= 0.3 is 0 Å². The first-order valence-electron chi connectivity index (χ1n) is 6.08. The van der Waals surface area contributed by atoms with E-state index in [0.29, 0.717) is 0 Å². The van der Waals surface area contributed by atoms with Crippen LogP contribution in [0.5, 0.6) is 0 Å². The van der Waals surface area contributed by atoms with Gasteiger partial charge in [0.05, 0.1) is 6.04 Å². The maximum absolute atomic E-state index is 13.6. The summed E-state index contributed by atoms with van der Waals surface area (Å²) in [4.78, 5) is 0. The molecule has 1 nitrogen and oxygen atoms in total. The maximum atomic E-state index is 13.6. The van der Waals surface area contributed by atoms with Gasteiger partial charge in [0.25, 0.3) is 0 Å². The first-order valence-corrected chi connectivity index (χ1v) is 6.87. The lowest BCUT2D eigenvalue weighted by molar-refractivity contribution is 0.581. The van der Waals surface area contributed by atoms with Gasteiger partial charge in [-0.2, -0.15) is 0 Å². The van der Waals surface area contributed by atoms with E-state index in [-0.39, 0.29) is 11.7 Å². The average molecular weight is 326 g/mol. The van der Waals surface area contributed by atoms with Crippen molar-refractivity contribution in [1.82, 2.24) is 0 Å². The molecule has 0 fully saturated rings. The van der Waals surface area contributed by atoms with E-state index in [1.165, 1.54) is 18.2 Å². The van der Waals surface area contributed by atoms with Gasteiger partial charge in [-0.15, -0.1) is 0 Å². The van der Waals surface area contributed by atoms with Crippen molar-refractivity contribution in [3.05, 3.63) is 64.1 Å². The largest absolute Gasteiger partial charge is 0.374 e.